The lowest BCUT2D eigenvalue weighted by molar-refractivity contribution is 0.0740. The summed E-state index contributed by atoms with van der Waals surface area (Å²) in [6, 6.07) is 18.9. The molecule has 0 heterocycles. The number of benzene rings is 3. The number of hydrogen-bond donors (Lipinski definition) is 2. The van der Waals surface area contributed by atoms with Crippen LogP contribution in [0.5, 0.6) is 0 Å². The van der Waals surface area contributed by atoms with Crippen LogP contribution in [0.4, 0.5) is 0 Å². The maximum absolute atomic E-state index is 13.9. The summed E-state index contributed by atoms with van der Waals surface area (Å²) in [4.78, 5) is 20.0. The molecule has 0 fully saturated rings. The predicted molar refractivity (Wildman–Crippen MR) is 155 cm³/mol. The van der Waals surface area contributed by atoms with Gasteiger partial charge in [0.05, 0.1) is 0 Å². The van der Waals surface area contributed by atoms with Gasteiger partial charge in [0.25, 0.3) is 5.91 Å². The van der Waals surface area contributed by atoms with E-state index in [0.717, 1.165) is 29.2 Å². The summed E-state index contributed by atoms with van der Waals surface area (Å²) >= 11 is 0. The molecule has 0 bridgehead atoms. The second-order valence-electron chi connectivity index (χ2n) is 11.9. The molecular formula is C32H42N4O. The Morgan fingerprint density at radius 2 is 1.54 bits per heavy atom. The predicted octanol–water partition coefficient (Wildman–Crippen LogP) is 6.19. The van der Waals surface area contributed by atoms with Crippen LogP contribution in [-0.4, -0.2) is 29.9 Å². The van der Waals surface area contributed by atoms with E-state index in [1.54, 1.807) is 0 Å². The Bertz CT molecular complexity index is 1320. The number of nitrogens with zero attached hydrogens (tertiary/aromatic N) is 2. The summed E-state index contributed by atoms with van der Waals surface area (Å²) in [5.74, 6) is 0.170. The molecule has 0 radical (unpaired) electrons. The third-order valence-electron chi connectivity index (χ3n) is 8.08. The van der Waals surface area contributed by atoms with Gasteiger partial charge in [-0.1, -0.05) is 70.2 Å². The van der Waals surface area contributed by atoms with Crippen molar-refractivity contribution in [2.45, 2.75) is 77.7 Å². The van der Waals surface area contributed by atoms with Crippen molar-refractivity contribution in [2.75, 3.05) is 13.1 Å². The molecule has 3 aromatic carbocycles. The van der Waals surface area contributed by atoms with Crippen molar-refractivity contribution in [3.63, 3.8) is 0 Å². The third kappa shape index (κ3) is 5.98. The maximum Gasteiger partial charge on any atom is 0.254 e. The molecular weight excluding hydrogens is 456 g/mol. The summed E-state index contributed by atoms with van der Waals surface area (Å²) in [7, 11) is 0. The highest BCUT2D eigenvalue weighted by molar-refractivity contribution is 5.98. The van der Waals surface area contributed by atoms with Crippen LogP contribution >= 0.6 is 0 Å². The largest absolute Gasteiger partial charge is 0.370 e. The molecule has 0 saturated carbocycles. The van der Waals surface area contributed by atoms with Crippen LogP contribution in [0.2, 0.25) is 0 Å². The van der Waals surface area contributed by atoms with Crippen LogP contribution in [0.25, 0.3) is 10.8 Å². The zero-order chi connectivity index (χ0) is 26.8. The highest BCUT2D eigenvalue weighted by atomic mass is 16.2. The summed E-state index contributed by atoms with van der Waals surface area (Å²) < 4.78 is 0. The van der Waals surface area contributed by atoms with Gasteiger partial charge >= 0.3 is 0 Å². The number of aryl methyl sites for hydroxylation is 1. The quantitative estimate of drug-likeness (QED) is 0.220. The standard InChI is InChI=1S/C32H42N4O/c1-22-18-27-28(32(4,5)15-14-31(27,2)3)20-26(22)21-36(17-9-8-16-35-30(33)34)29(37)25-13-12-23-10-6-7-11-24(23)19-25/h6-7,10-13,18-20H,8-9,14-17,21H2,1-5H3,(H4,33,34,35). The molecule has 196 valence electrons. The minimum Gasteiger partial charge on any atom is -0.370 e. The van der Waals surface area contributed by atoms with Crippen molar-refractivity contribution in [1.29, 1.82) is 0 Å². The fraction of sp³-hybridized carbons (Fsp3) is 0.438. The Balaban J connectivity index is 1.65. The van der Waals surface area contributed by atoms with Crippen molar-refractivity contribution in [3.8, 4) is 0 Å². The number of fused-ring (bicyclic) bond motifs is 2. The Hall–Kier alpha value is -3.34. The lowest BCUT2D eigenvalue weighted by Gasteiger charge is -2.42. The van der Waals surface area contributed by atoms with Crippen molar-refractivity contribution in [3.05, 3.63) is 82.4 Å². The average molecular weight is 499 g/mol. The molecule has 0 aromatic heterocycles. The third-order valence-corrected chi connectivity index (χ3v) is 8.08. The monoisotopic (exact) mass is 498 g/mol. The van der Waals surface area contributed by atoms with Crippen LogP contribution < -0.4 is 11.5 Å². The summed E-state index contributed by atoms with van der Waals surface area (Å²) in [5, 5.41) is 2.22. The fourth-order valence-corrected chi connectivity index (χ4v) is 5.52. The topological polar surface area (TPSA) is 84.7 Å². The van der Waals surface area contributed by atoms with Crippen LogP contribution in [0, 0.1) is 6.92 Å². The molecule has 3 aromatic rings. The van der Waals surface area contributed by atoms with E-state index in [-0.39, 0.29) is 22.7 Å². The van der Waals surface area contributed by atoms with Crippen molar-refractivity contribution < 1.29 is 4.79 Å². The van der Waals surface area contributed by atoms with E-state index in [4.69, 9.17) is 11.5 Å². The van der Waals surface area contributed by atoms with E-state index < -0.39 is 0 Å². The molecule has 4 rings (SSSR count). The zero-order valence-corrected chi connectivity index (χ0v) is 23.1. The first-order valence-corrected chi connectivity index (χ1v) is 13.5. The number of carbonyl (C=O) groups excluding carboxylic acids is 1. The van der Waals surface area contributed by atoms with Crippen molar-refractivity contribution >= 4 is 22.6 Å². The van der Waals surface area contributed by atoms with Gasteiger partial charge in [0.1, 0.15) is 0 Å². The highest BCUT2D eigenvalue weighted by Gasteiger charge is 2.37. The Morgan fingerprint density at radius 3 is 2.22 bits per heavy atom. The first-order valence-electron chi connectivity index (χ1n) is 13.5. The summed E-state index contributed by atoms with van der Waals surface area (Å²) in [6.45, 7) is 13.4. The second kappa shape index (κ2) is 10.6. The Labute approximate surface area is 221 Å². The van der Waals surface area contributed by atoms with Gasteiger partial charge in [0.2, 0.25) is 0 Å². The lowest BCUT2D eigenvalue weighted by Crippen LogP contribution is -2.35. The SMILES string of the molecule is Cc1cc2c(cc1CN(CCCCN=C(N)N)C(=O)c1ccc3ccccc3c1)C(C)(C)CCC2(C)C. The van der Waals surface area contributed by atoms with E-state index in [2.05, 4.69) is 63.9 Å². The number of unbranched alkanes of at least 4 members (excludes halogenated alkanes) is 1. The van der Waals surface area contributed by atoms with Gasteiger partial charge in [-0.25, -0.2) is 0 Å². The van der Waals surface area contributed by atoms with Gasteiger partial charge in [-0.15, -0.1) is 0 Å². The Kier molecular flexibility index (Phi) is 7.63. The molecule has 0 saturated heterocycles. The summed E-state index contributed by atoms with van der Waals surface area (Å²) in [5.41, 5.74) is 17.3. The average Bonchev–Trinajstić information content (AvgIpc) is 2.85. The van der Waals surface area contributed by atoms with Crippen LogP contribution in [0.15, 0.2) is 59.6 Å². The highest BCUT2D eigenvalue weighted by Crippen LogP contribution is 2.46. The van der Waals surface area contributed by atoms with Gasteiger partial charge in [-0.2, -0.15) is 0 Å². The first kappa shape index (κ1) is 26.7. The molecule has 0 unspecified atom stereocenters. The van der Waals surface area contributed by atoms with Gasteiger partial charge in [0.15, 0.2) is 5.96 Å². The normalized spacial score (nSPS) is 15.7. The van der Waals surface area contributed by atoms with Crippen LogP contribution in [0.1, 0.15) is 86.0 Å². The number of carbonyl (C=O) groups is 1. The van der Waals surface area contributed by atoms with E-state index in [1.807, 2.05) is 35.2 Å². The zero-order valence-electron chi connectivity index (χ0n) is 23.1. The van der Waals surface area contributed by atoms with Crippen molar-refractivity contribution in [2.24, 2.45) is 16.5 Å². The number of amides is 1. The van der Waals surface area contributed by atoms with E-state index in [9.17, 15) is 4.79 Å². The maximum atomic E-state index is 13.9. The first-order chi connectivity index (χ1) is 17.5. The Morgan fingerprint density at radius 1 is 0.892 bits per heavy atom. The van der Waals surface area contributed by atoms with E-state index in [1.165, 1.54) is 35.1 Å². The number of guanidine groups is 1. The van der Waals surface area contributed by atoms with Gasteiger partial charge in [-0.05, 0) is 88.6 Å². The minimum atomic E-state index is 0.0595. The smallest absolute Gasteiger partial charge is 0.254 e. The van der Waals surface area contributed by atoms with E-state index >= 15 is 0 Å². The molecule has 0 aliphatic heterocycles. The molecule has 0 atom stereocenters. The fourth-order valence-electron chi connectivity index (χ4n) is 5.52. The number of nitrogens with two attached hydrogens (primary N) is 2. The molecule has 37 heavy (non-hydrogen) atoms. The van der Waals surface area contributed by atoms with Gasteiger partial charge < -0.3 is 16.4 Å². The molecule has 1 aliphatic rings. The van der Waals surface area contributed by atoms with Crippen LogP contribution in [-0.2, 0) is 17.4 Å². The molecule has 4 N–H and O–H groups in total. The van der Waals surface area contributed by atoms with Crippen LogP contribution in [0.3, 0.4) is 0 Å². The number of hydrogen-bond acceptors (Lipinski definition) is 2. The van der Waals surface area contributed by atoms with Gasteiger partial charge in [0, 0.05) is 25.2 Å². The molecule has 5 nitrogen and oxygen atoms in total. The molecule has 1 amide bonds. The molecule has 0 spiro atoms. The minimum absolute atomic E-state index is 0.0595. The molecule has 5 heteroatoms. The number of rotatable bonds is 8. The van der Waals surface area contributed by atoms with Crippen molar-refractivity contribution in [1.82, 2.24) is 4.90 Å². The lowest BCUT2D eigenvalue weighted by atomic mass is 9.62. The van der Waals surface area contributed by atoms with Gasteiger partial charge in [-0.3, -0.25) is 9.79 Å². The van der Waals surface area contributed by atoms with E-state index in [0.29, 0.717) is 19.6 Å². The summed E-state index contributed by atoms with van der Waals surface area (Å²) in [6.07, 6.45) is 4.01. The second-order valence-corrected chi connectivity index (χ2v) is 11.9. The number of aliphatic imine (C=N–C) groups is 1. The molecule has 1 aliphatic carbocycles.